The largest absolute Gasteiger partial charge is 0.356 e. The van der Waals surface area contributed by atoms with E-state index >= 15 is 0 Å². The van der Waals surface area contributed by atoms with Gasteiger partial charge < -0.3 is 11.1 Å². The summed E-state index contributed by atoms with van der Waals surface area (Å²) in [4.78, 5) is 11.7. The molecule has 86 valence electrons. The second-order valence-electron chi connectivity index (χ2n) is 4.04. The zero-order valence-electron chi connectivity index (χ0n) is 9.81. The van der Waals surface area contributed by atoms with Crippen molar-refractivity contribution in [2.75, 3.05) is 13.1 Å². The Kier molecular flexibility index (Phi) is 6.81. The number of carbonyl (C=O) groups excluding carboxylic acids is 1. The lowest BCUT2D eigenvalue weighted by atomic mass is 9.86. The SMILES string of the molecule is C#CCCCCNC(=O)C(C)(CC)CN. The number of terminal acetylenes is 1. The molecule has 0 bridgehead atoms. The summed E-state index contributed by atoms with van der Waals surface area (Å²) in [5.74, 6) is 2.62. The van der Waals surface area contributed by atoms with Crippen molar-refractivity contribution in [2.45, 2.75) is 39.5 Å². The number of nitrogens with two attached hydrogens (primary N) is 1. The molecule has 1 amide bonds. The van der Waals surface area contributed by atoms with Crippen molar-refractivity contribution >= 4 is 5.91 Å². The minimum absolute atomic E-state index is 0.0493. The highest BCUT2D eigenvalue weighted by atomic mass is 16.2. The van der Waals surface area contributed by atoms with Crippen molar-refractivity contribution in [3.05, 3.63) is 0 Å². The van der Waals surface area contributed by atoms with Crippen LogP contribution in [0.2, 0.25) is 0 Å². The Morgan fingerprint density at radius 2 is 2.20 bits per heavy atom. The highest BCUT2D eigenvalue weighted by Gasteiger charge is 2.28. The number of hydrogen-bond donors (Lipinski definition) is 2. The van der Waals surface area contributed by atoms with Gasteiger partial charge in [0.1, 0.15) is 0 Å². The van der Waals surface area contributed by atoms with E-state index in [-0.39, 0.29) is 5.91 Å². The lowest BCUT2D eigenvalue weighted by molar-refractivity contribution is -0.129. The molecule has 3 heteroatoms. The first-order chi connectivity index (χ1) is 7.10. The normalized spacial score (nSPS) is 14.0. The summed E-state index contributed by atoms with van der Waals surface area (Å²) >= 11 is 0. The third-order valence-corrected chi connectivity index (χ3v) is 2.81. The summed E-state index contributed by atoms with van der Waals surface area (Å²) in [6.45, 7) is 4.95. The van der Waals surface area contributed by atoms with Crippen molar-refractivity contribution in [3.63, 3.8) is 0 Å². The summed E-state index contributed by atoms with van der Waals surface area (Å²) in [6, 6.07) is 0. The maximum Gasteiger partial charge on any atom is 0.227 e. The van der Waals surface area contributed by atoms with Gasteiger partial charge in [0.05, 0.1) is 5.41 Å². The zero-order valence-corrected chi connectivity index (χ0v) is 9.81. The highest BCUT2D eigenvalue weighted by Crippen LogP contribution is 2.18. The van der Waals surface area contributed by atoms with E-state index in [1.165, 1.54) is 0 Å². The van der Waals surface area contributed by atoms with Gasteiger partial charge in [0.15, 0.2) is 0 Å². The molecule has 0 saturated heterocycles. The molecule has 0 aliphatic rings. The van der Waals surface area contributed by atoms with Gasteiger partial charge in [-0.3, -0.25) is 4.79 Å². The molecule has 1 atom stereocenters. The van der Waals surface area contributed by atoms with E-state index in [4.69, 9.17) is 12.2 Å². The fourth-order valence-electron chi connectivity index (χ4n) is 1.16. The maximum atomic E-state index is 11.7. The smallest absolute Gasteiger partial charge is 0.227 e. The highest BCUT2D eigenvalue weighted by molar-refractivity contribution is 5.82. The van der Waals surface area contributed by atoms with Crippen molar-refractivity contribution in [1.29, 1.82) is 0 Å². The predicted molar refractivity (Wildman–Crippen MR) is 63.1 cm³/mol. The molecule has 0 aromatic heterocycles. The second-order valence-corrected chi connectivity index (χ2v) is 4.04. The quantitative estimate of drug-likeness (QED) is 0.491. The van der Waals surface area contributed by atoms with Gasteiger partial charge in [-0.15, -0.1) is 12.3 Å². The van der Waals surface area contributed by atoms with Crippen LogP contribution in [0, 0.1) is 17.8 Å². The lowest BCUT2D eigenvalue weighted by Gasteiger charge is -2.24. The Bertz CT molecular complexity index is 226. The molecular weight excluding hydrogens is 188 g/mol. The van der Waals surface area contributed by atoms with Crippen LogP contribution in [0.25, 0.3) is 0 Å². The van der Waals surface area contributed by atoms with Crippen molar-refractivity contribution in [1.82, 2.24) is 5.32 Å². The Morgan fingerprint density at radius 1 is 1.53 bits per heavy atom. The summed E-state index contributed by atoms with van der Waals surface area (Å²) in [7, 11) is 0. The topological polar surface area (TPSA) is 55.1 Å². The summed E-state index contributed by atoms with van der Waals surface area (Å²) in [6.07, 6.45) is 8.56. The van der Waals surface area contributed by atoms with Crippen LogP contribution in [0.15, 0.2) is 0 Å². The molecule has 0 aromatic rings. The van der Waals surface area contributed by atoms with Crippen LogP contribution in [0.3, 0.4) is 0 Å². The minimum atomic E-state index is -0.424. The molecule has 0 rings (SSSR count). The van der Waals surface area contributed by atoms with Crippen LogP contribution in [0.1, 0.15) is 39.5 Å². The first-order valence-corrected chi connectivity index (χ1v) is 5.52. The fraction of sp³-hybridized carbons (Fsp3) is 0.750. The number of rotatable bonds is 7. The Hall–Kier alpha value is -1.01. The second kappa shape index (κ2) is 7.30. The van der Waals surface area contributed by atoms with E-state index in [2.05, 4.69) is 11.2 Å². The molecule has 0 spiro atoms. The molecule has 0 aliphatic heterocycles. The summed E-state index contributed by atoms with van der Waals surface area (Å²) < 4.78 is 0. The molecule has 0 heterocycles. The standard InChI is InChI=1S/C12H22N2O/c1-4-6-7-8-9-14-11(15)12(3,5-2)10-13/h1H,5-10,13H2,2-3H3,(H,14,15). The van der Waals surface area contributed by atoms with Gasteiger partial charge in [0.25, 0.3) is 0 Å². The first kappa shape index (κ1) is 14.0. The fourth-order valence-corrected chi connectivity index (χ4v) is 1.16. The third kappa shape index (κ3) is 4.85. The van der Waals surface area contributed by atoms with Gasteiger partial charge in [-0.1, -0.05) is 6.92 Å². The first-order valence-electron chi connectivity index (χ1n) is 5.52. The van der Waals surface area contributed by atoms with E-state index in [9.17, 15) is 4.79 Å². The third-order valence-electron chi connectivity index (χ3n) is 2.81. The Labute approximate surface area is 92.8 Å². The van der Waals surface area contributed by atoms with Gasteiger partial charge >= 0.3 is 0 Å². The molecular formula is C12H22N2O. The number of carbonyl (C=O) groups is 1. The lowest BCUT2D eigenvalue weighted by Crippen LogP contribution is -2.43. The Morgan fingerprint density at radius 3 is 2.67 bits per heavy atom. The van der Waals surface area contributed by atoms with Crippen LogP contribution in [-0.2, 0) is 4.79 Å². The van der Waals surface area contributed by atoms with E-state index in [0.29, 0.717) is 13.1 Å². The molecule has 3 N–H and O–H groups in total. The number of hydrogen-bond acceptors (Lipinski definition) is 2. The Balaban J connectivity index is 3.78. The van der Waals surface area contributed by atoms with Crippen LogP contribution < -0.4 is 11.1 Å². The molecule has 15 heavy (non-hydrogen) atoms. The molecule has 0 aliphatic carbocycles. The monoisotopic (exact) mass is 210 g/mol. The summed E-state index contributed by atoms with van der Waals surface area (Å²) in [5.41, 5.74) is 5.16. The maximum absolute atomic E-state index is 11.7. The van der Waals surface area contributed by atoms with E-state index in [1.807, 2.05) is 13.8 Å². The predicted octanol–water partition coefficient (Wildman–Crippen LogP) is 1.28. The van der Waals surface area contributed by atoms with E-state index in [1.54, 1.807) is 0 Å². The van der Waals surface area contributed by atoms with Gasteiger partial charge in [0, 0.05) is 19.5 Å². The van der Waals surface area contributed by atoms with Gasteiger partial charge in [-0.2, -0.15) is 0 Å². The zero-order chi connectivity index (χ0) is 11.7. The minimum Gasteiger partial charge on any atom is -0.356 e. The van der Waals surface area contributed by atoms with Crippen LogP contribution in [-0.4, -0.2) is 19.0 Å². The average Bonchev–Trinajstić information content (AvgIpc) is 2.27. The molecule has 0 radical (unpaired) electrons. The molecule has 0 aromatic carbocycles. The van der Waals surface area contributed by atoms with Gasteiger partial charge in [0.2, 0.25) is 5.91 Å². The van der Waals surface area contributed by atoms with Gasteiger partial charge in [-0.25, -0.2) is 0 Å². The van der Waals surface area contributed by atoms with Crippen LogP contribution in [0.4, 0.5) is 0 Å². The summed E-state index contributed by atoms with van der Waals surface area (Å²) in [5, 5.41) is 2.90. The number of unbranched alkanes of at least 4 members (excludes halogenated alkanes) is 2. The average molecular weight is 210 g/mol. The van der Waals surface area contributed by atoms with Crippen molar-refractivity contribution in [2.24, 2.45) is 11.1 Å². The van der Waals surface area contributed by atoms with Crippen LogP contribution >= 0.6 is 0 Å². The van der Waals surface area contributed by atoms with E-state index in [0.717, 1.165) is 25.7 Å². The number of nitrogens with one attached hydrogen (secondary N) is 1. The van der Waals surface area contributed by atoms with Crippen molar-refractivity contribution < 1.29 is 4.79 Å². The van der Waals surface area contributed by atoms with Crippen molar-refractivity contribution in [3.8, 4) is 12.3 Å². The molecule has 0 saturated carbocycles. The number of amides is 1. The van der Waals surface area contributed by atoms with E-state index < -0.39 is 5.41 Å². The van der Waals surface area contributed by atoms with Gasteiger partial charge in [-0.05, 0) is 26.2 Å². The molecule has 1 unspecified atom stereocenters. The molecule has 0 fully saturated rings. The van der Waals surface area contributed by atoms with Crippen LogP contribution in [0.5, 0.6) is 0 Å². The molecule has 3 nitrogen and oxygen atoms in total.